The van der Waals surface area contributed by atoms with Crippen molar-refractivity contribution in [2.75, 3.05) is 136 Å². The number of aliphatic hydroxyl groups excluding tert-OH is 18. The van der Waals surface area contributed by atoms with Crippen molar-refractivity contribution in [3.05, 3.63) is 20.4 Å². The molecule has 1 aromatic carbocycles. The fourth-order valence-electron chi connectivity index (χ4n) is 12.5. The Balaban J connectivity index is 1.04. The molecule has 7 rings (SSSR count). The van der Waals surface area contributed by atoms with E-state index in [0.29, 0.717) is 5.75 Å². The number of rotatable bonds is 38. The van der Waals surface area contributed by atoms with Gasteiger partial charge in [0.15, 0.2) is 37.7 Å². The van der Waals surface area contributed by atoms with Crippen LogP contribution in [0.3, 0.4) is 0 Å². The molecule has 109 heavy (non-hydrogen) atoms. The zero-order valence-electron chi connectivity index (χ0n) is 59.6. The summed E-state index contributed by atoms with van der Waals surface area (Å²) in [5.74, 6) is 3.12. The van der Waals surface area contributed by atoms with Gasteiger partial charge in [-0.15, -0.1) is 0 Å². The lowest BCUT2D eigenvalue weighted by Gasteiger charge is -2.49. The smallest absolute Gasteiger partial charge is 0.408 e. The second-order valence-corrected chi connectivity index (χ2v) is 27.8. The predicted octanol–water partition coefficient (Wildman–Crippen LogP) is -14.1. The Morgan fingerprint density at radius 1 is 0.468 bits per heavy atom. The van der Waals surface area contributed by atoms with E-state index in [-0.39, 0.29) is 18.0 Å². The van der Waals surface area contributed by atoms with Crippen molar-refractivity contribution in [1.82, 2.24) is 21.3 Å². The van der Waals surface area contributed by atoms with E-state index < -0.39 is 328 Å². The van der Waals surface area contributed by atoms with Crippen LogP contribution in [-0.4, -0.2) is 438 Å². The van der Waals surface area contributed by atoms with Crippen molar-refractivity contribution in [3.63, 3.8) is 0 Å². The monoisotopic (exact) mass is 1610 g/mol. The highest BCUT2D eigenvalue weighted by Gasteiger charge is 2.57. The number of amides is 4. The van der Waals surface area contributed by atoms with E-state index in [0.717, 1.165) is 19.1 Å². The highest BCUT2D eigenvalue weighted by molar-refractivity contribution is 8.13. The number of hydrogen-bond donors (Lipinski definition) is 23. The first-order valence-electron chi connectivity index (χ1n) is 34.3. The highest BCUT2D eigenvalue weighted by atomic mass is 32.2. The Bertz CT molecular complexity index is 2940. The van der Waals surface area contributed by atoms with Gasteiger partial charge in [-0.25, -0.2) is 14.4 Å². The standard InChI is InChI=1S/C61H102N6O41S/c1-22(19-109(5)6)52(88)67(21-62-2)31-30(34(76)35(31)77)65-20-66-61(91)98-23(11-63-59(89)96-9-7-94-50-44(86)48(105-55-40(82)36(78)32(74)24(13-68)99-55)28(17-72)103-57(50)107-46-26(15-70)101-53(92-3)42(84)38(46)80)12-64-60(90)97-10-8-95-51-45(87)49(106-56-41(83)37(79)33(75)25(14-69)100-56)29(18-73)104-58(51)108-47-27(16-71)102-54(93-4)43(85)39(47)81/h22-29,32-33,36-51,53-58,62,65,68-75,78-87H,5,7-21H2,1-4,6H3,(H,63,89)(H,64,90)(H,66,91). The van der Waals surface area contributed by atoms with E-state index >= 15 is 0 Å². The van der Waals surface area contributed by atoms with Crippen molar-refractivity contribution in [2.24, 2.45) is 5.92 Å². The van der Waals surface area contributed by atoms with Gasteiger partial charge >= 0.3 is 18.3 Å². The van der Waals surface area contributed by atoms with Crippen LogP contribution >= 0.6 is 10.5 Å². The Kier molecular flexibility index (Phi) is 36.0. The number of hydrogen-bond acceptors (Lipinski definition) is 43. The lowest BCUT2D eigenvalue weighted by molar-refractivity contribution is -0.382. The summed E-state index contributed by atoms with van der Waals surface area (Å²) in [6, 6.07) is 0. The van der Waals surface area contributed by atoms with Gasteiger partial charge < -0.3 is 199 Å². The summed E-state index contributed by atoms with van der Waals surface area (Å²) in [6.45, 7) is -9.14. The van der Waals surface area contributed by atoms with E-state index in [2.05, 4.69) is 32.5 Å². The van der Waals surface area contributed by atoms with Gasteiger partial charge in [0.25, 0.3) is 10.9 Å². The number of nitrogens with zero attached hydrogens (tertiary/aromatic N) is 1. The quantitative estimate of drug-likeness (QED) is 0.00961. The fourth-order valence-corrected chi connectivity index (χ4v) is 13.5. The fraction of sp³-hybridized carbons (Fsp3) is 0.852. The van der Waals surface area contributed by atoms with E-state index in [1.165, 1.54) is 7.05 Å². The molecule has 32 unspecified atom stereocenters. The van der Waals surface area contributed by atoms with Gasteiger partial charge in [0.05, 0.1) is 79.3 Å². The van der Waals surface area contributed by atoms with Crippen LogP contribution in [-0.2, 0) is 85.3 Å². The predicted molar refractivity (Wildman–Crippen MR) is 358 cm³/mol. The van der Waals surface area contributed by atoms with Crippen molar-refractivity contribution in [2.45, 2.75) is 197 Å². The minimum absolute atomic E-state index is 0.200. The Labute approximate surface area is 622 Å². The number of aliphatic hydroxyl groups is 18. The number of ether oxygens (including phenoxy) is 17. The zero-order chi connectivity index (χ0) is 80.4. The summed E-state index contributed by atoms with van der Waals surface area (Å²) in [7, 11) is 3.31. The second kappa shape index (κ2) is 43.0. The van der Waals surface area contributed by atoms with Crippen molar-refractivity contribution in [3.8, 4) is 0 Å². The lowest BCUT2D eigenvalue weighted by Crippen LogP contribution is -2.67. The topological polar surface area (TPSA) is 687 Å². The molecule has 0 saturated carbocycles. The molecule has 0 radical (unpaired) electrons. The van der Waals surface area contributed by atoms with Crippen LogP contribution in [0.4, 0.5) is 25.8 Å². The molecule has 0 aliphatic carbocycles. The highest BCUT2D eigenvalue weighted by Crippen LogP contribution is 2.37. The van der Waals surface area contributed by atoms with Crippen LogP contribution in [0.5, 0.6) is 0 Å². The molecular formula is C61H102N6O41S. The summed E-state index contributed by atoms with van der Waals surface area (Å²) < 4.78 is 95.1. The maximum atomic E-state index is 13.5. The molecule has 1 aromatic rings. The van der Waals surface area contributed by atoms with Crippen molar-refractivity contribution < 1.29 is 192 Å². The van der Waals surface area contributed by atoms with Gasteiger partial charge in [0, 0.05) is 20.1 Å². The third kappa shape index (κ3) is 22.5. The van der Waals surface area contributed by atoms with Crippen LogP contribution in [0.25, 0.3) is 0 Å². The second-order valence-electron chi connectivity index (χ2n) is 25.9. The molecule has 628 valence electrons. The zero-order valence-corrected chi connectivity index (χ0v) is 60.4. The van der Waals surface area contributed by atoms with Gasteiger partial charge in [-0.3, -0.25) is 19.3 Å². The SMILES string of the molecule is C=S(C)CC(C)C(=O)N(CNC)c1c(NCNC(=O)OC(CNC(=O)OCCOC2C(OC3C(CO)OC(OC)C(O)C3O)OC(CO)C(OC3OC(CO)C(O)C(O)C3O)C2O)CNC(=O)OCCOC2C(OC3C(CO)OC(OC)C(O)C3O)OC(CO)C(OC3OC(CO)C(O)C(O)C3O)C2O)c(=O)c1=O. The molecule has 6 aliphatic rings. The first kappa shape index (κ1) is 91.2. The molecule has 6 fully saturated rings. The van der Waals surface area contributed by atoms with E-state index in [1.807, 2.05) is 0 Å². The van der Waals surface area contributed by atoms with E-state index in [1.54, 1.807) is 13.2 Å². The van der Waals surface area contributed by atoms with Gasteiger partial charge in [-0.2, -0.15) is 10.5 Å². The molecule has 6 saturated heterocycles. The molecule has 23 N–H and O–H groups in total. The minimum Gasteiger partial charge on any atom is -0.447 e. The summed E-state index contributed by atoms with van der Waals surface area (Å²) in [5.41, 5.74) is -2.70. The Hall–Kier alpha value is -4.94. The maximum absolute atomic E-state index is 13.5. The number of methoxy groups -OCH3 is 2. The van der Waals surface area contributed by atoms with E-state index in [4.69, 9.17) is 80.5 Å². The number of carbonyl (C=O) groups is 4. The van der Waals surface area contributed by atoms with E-state index in [9.17, 15) is 121 Å². The van der Waals surface area contributed by atoms with Crippen LogP contribution < -0.4 is 42.3 Å². The number of nitrogens with one attached hydrogen (secondary N) is 5. The summed E-state index contributed by atoms with van der Waals surface area (Å²) >= 11 is 0. The summed E-state index contributed by atoms with van der Waals surface area (Å²) in [6.07, 6.45) is -57.6. The van der Waals surface area contributed by atoms with Crippen LogP contribution in [0.2, 0.25) is 0 Å². The molecule has 4 amide bonds. The maximum Gasteiger partial charge on any atom is 0.408 e. The average molecular weight is 1610 g/mol. The average Bonchev–Trinajstić information content (AvgIpc) is 0.779. The Morgan fingerprint density at radius 3 is 1.21 bits per heavy atom. The molecule has 6 heterocycles. The van der Waals surface area contributed by atoms with Gasteiger partial charge in [0.2, 0.25) is 5.91 Å². The van der Waals surface area contributed by atoms with Crippen LogP contribution in [0, 0.1) is 5.92 Å². The first-order chi connectivity index (χ1) is 51.9. The van der Waals surface area contributed by atoms with Crippen LogP contribution in [0.15, 0.2) is 9.59 Å². The number of alkyl carbamates (subject to hydrolysis) is 3. The van der Waals surface area contributed by atoms with Crippen molar-refractivity contribution in [1.29, 1.82) is 0 Å². The molecule has 48 heteroatoms. The van der Waals surface area contributed by atoms with Gasteiger partial charge in [-0.1, -0.05) is 12.8 Å². The van der Waals surface area contributed by atoms with Gasteiger partial charge in [-0.05, 0) is 19.1 Å². The largest absolute Gasteiger partial charge is 0.447 e. The minimum atomic E-state index is -2.06. The molecule has 32 atom stereocenters. The first-order valence-corrected chi connectivity index (χ1v) is 36.2. The van der Waals surface area contributed by atoms with Gasteiger partial charge in [0.1, 0.15) is 177 Å². The molecule has 0 bridgehead atoms. The van der Waals surface area contributed by atoms with Crippen LogP contribution in [0.1, 0.15) is 6.92 Å². The van der Waals surface area contributed by atoms with Crippen molar-refractivity contribution >= 4 is 51.9 Å². The number of carbonyl (C=O) groups excluding carboxylic acids is 4. The third-order valence-corrected chi connectivity index (χ3v) is 19.3. The molecule has 47 nitrogen and oxygen atoms in total. The summed E-state index contributed by atoms with van der Waals surface area (Å²) in [4.78, 5) is 80.7. The third-order valence-electron chi connectivity index (χ3n) is 18.2. The normalized spacial score (nSPS) is 37.9. The lowest BCUT2D eigenvalue weighted by atomic mass is 9.96. The summed E-state index contributed by atoms with van der Waals surface area (Å²) in [5, 5.41) is 204. The molecule has 0 spiro atoms. The number of anilines is 2. The molecule has 6 aliphatic heterocycles. The molecular weight excluding hydrogens is 1500 g/mol. The Morgan fingerprint density at radius 2 is 0.835 bits per heavy atom. The molecule has 0 aromatic heterocycles.